The lowest BCUT2D eigenvalue weighted by Gasteiger charge is -2.23. The molecule has 1 aliphatic rings. The first kappa shape index (κ1) is 13.0. The summed E-state index contributed by atoms with van der Waals surface area (Å²) >= 11 is 3.30. The van der Waals surface area contributed by atoms with E-state index in [1.807, 2.05) is 10.7 Å². The summed E-state index contributed by atoms with van der Waals surface area (Å²) < 4.78 is 2.69. The van der Waals surface area contributed by atoms with Crippen molar-refractivity contribution in [2.45, 2.75) is 25.4 Å². The fraction of sp³-hybridized carbons (Fsp3) is 0.333. The van der Waals surface area contributed by atoms with E-state index in [0.29, 0.717) is 5.82 Å². The van der Waals surface area contributed by atoms with E-state index in [-0.39, 0.29) is 12.1 Å². The van der Waals surface area contributed by atoms with Gasteiger partial charge in [-0.05, 0) is 40.9 Å². The van der Waals surface area contributed by atoms with Crippen LogP contribution in [0.25, 0.3) is 0 Å². The number of hydrogen-bond donors (Lipinski definition) is 2. The van der Waals surface area contributed by atoms with Crippen LogP contribution in [0.15, 0.2) is 29.1 Å². The Bertz CT molecular complexity index is 611. The van der Waals surface area contributed by atoms with Crippen molar-refractivity contribution >= 4 is 27.8 Å². The lowest BCUT2D eigenvalue weighted by Crippen LogP contribution is -2.36. The average molecular weight is 337 g/mol. The van der Waals surface area contributed by atoms with Crippen LogP contribution < -0.4 is 10.6 Å². The number of carbonyl (C=O) groups is 1. The van der Waals surface area contributed by atoms with Crippen LogP contribution in [0.4, 0.5) is 10.6 Å². The minimum atomic E-state index is -0.290. The number of halogens is 1. The zero-order valence-electron chi connectivity index (χ0n) is 10.6. The smallest absolute Gasteiger partial charge is 0.320 e. The molecule has 2 aromatic rings. The summed E-state index contributed by atoms with van der Waals surface area (Å²) in [6.45, 7) is 0.851. The molecule has 104 valence electrons. The molecule has 2 amide bonds. The minimum absolute atomic E-state index is 0.110. The van der Waals surface area contributed by atoms with Crippen LogP contribution in [0.5, 0.6) is 0 Å². The number of rotatable bonds is 2. The summed E-state index contributed by atoms with van der Waals surface area (Å²) in [5, 5.41) is 9.72. The molecule has 7 nitrogen and oxygen atoms in total. The first-order valence-corrected chi connectivity index (χ1v) is 7.08. The summed E-state index contributed by atoms with van der Waals surface area (Å²) in [4.78, 5) is 20.3. The van der Waals surface area contributed by atoms with E-state index in [2.05, 4.69) is 41.6 Å². The number of aryl methyl sites for hydroxylation is 1. The van der Waals surface area contributed by atoms with Crippen molar-refractivity contribution in [3.63, 3.8) is 0 Å². The Balaban J connectivity index is 1.64. The Morgan fingerprint density at radius 3 is 3.10 bits per heavy atom. The molecule has 1 aliphatic heterocycles. The van der Waals surface area contributed by atoms with Gasteiger partial charge in [0, 0.05) is 17.2 Å². The maximum atomic E-state index is 12.0. The van der Waals surface area contributed by atoms with Crippen molar-refractivity contribution in [3.8, 4) is 0 Å². The number of nitrogens with one attached hydrogen (secondary N) is 2. The SMILES string of the molecule is O=C(Nc1ccc(Br)cn1)N[C@@H]1CCCn2ncnc21. The summed E-state index contributed by atoms with van der Waals surface area (Å²) in [6.07, 6.45) is 4.98. The quantitative estimate of drug-likeness (QED) is 0.879. The Morgan fingerprint density at radius 1 is 1.40 bits per heavy atom. The molecule has 2 N–H and O–H groups in total. The second kappa shape index (κ2) is 5.58. The summed E-state index contributed by atoms with van der Waals surface area (Å²) in [6, 6.07) is 3.15. The van der Waals surface area contributed by atoms with Crippen LogP contribution in [0.2, 0.25) is 0 Å². The molecule has 0 saturated heterocycles. The van der Waals surface area contributed by atoms with E-state index in [0.717, 1.165) is 29.7 Å². The van der Waals surface area contributed by atoms with Gasteiger partial charge in [0.05, 0.1) is 6.04 Å². The van der Waals surface area contributed by atoms with Gasteiger partial charge in [-0.1, -0.05) is 0 Å². The Hall–Kier alpha value is -1.96. The van der Waals surface area contributed by atoms with E-state index < -0.39 is 0 Å². The summed E-state index contributed by atoms with van der Waals surface area (Å²) in [5.41, 5.74) is 0. The van der Waals surface area contributed by atoms with Crippen molar-refractivity contribution < 1.29 is 4.79 Å². The zero-order valence-corrected chi connectivity index (χ0v) is 12.2. The van der Waals surface area contributed by atoms with Crippen LogP contribution >= 0.6 is 15.9 Å². The molecule has 3 rings (SSSR count). The molecule has 0 saturated carbocycles. The van der Waals surface area contributed by atoms with Gasteiger partial charge in [-0.3, -0.25) is 5.32 Å². The van der Waals surface area contributed by atoms with Crippen molar-refractivity contribution in [1.29, 1.82) is 0 Å². The van der Waals surface area contributed by atoms with Crippen molar-refractivity contribution in [1.82, 2.24) is 25.1 Å². The predicted molar refractivity (Wildman–Crippen MR) is 76.1 cm³/mol. The van der Waals surface area contributed by atoms with E-state index in [1.54, 1.807) is 12.3 Å². The molecule has 0 spiro atoms. The minimum Gasteiger partial charge on any atom is -0.328 e. The Morgan fingerprint density at radius 2 is 2.30 bits per heavy atom. The third-order valence-electron chi connectivity index (χ3n) is 3.09. The van der Waals surface area contributed by atoms with Gasteiger partial charge in [-0.15, -0.1) is 0 Å². The normalized spacial score (nSPS) is 17.4. The molecule has 8 heteroatoms. The highest BCUT2D eigenvalue weighted by molar-refractivity contribution is 9.10. The lowest BCUT2D eigenvalue weighted by atomic mass is 10.1. The van der Waals surface area contributed by atoms with Crippen LogP contribution in [0, 0.1) is 0 Å². The number of aromatic nitrogens is 4. The molecule has 0 radical (unpaired) electrons. The molecular formula is C12H13BrN6O. The number of hydrogen-bond acceptors (Lipinski definition) is 4. The fourth-order valence-corrected chi connectivity index (χ4v) is 2.42. The number of urea groups is 1. The Kier molecular flexibility index (Phi) is 3.64. The second-order valence-electron chi connectivity index (χ2n) is 4.50. The highest BCUT2D eigenvalue weighted by atomic mass is 79.9. The van der Waals surface area contributed by atoms with Crippen LogP contribution in [0.3, 0.4) is 0 Å². The maximum Gasteiger partial charge on any atom is 0.320 e. The standard InChI is InChI=1S/C12H13BrN6O/c13-8-3-4-10(14-6-8)18-12(20)17-9-2-1-5-19-11(9)15-7-16-19/h3-4,6-7,9H,1-2,5H2,(H2,14,17,18,20)/t9-/m1/s1. The number of pyridine rings is 1. The van der Waals surface area contributed by atoms with Crippen molar-refractivity contribution in [2.75, 3.05) is 5.32 Å². The van der Waals surface area contributed by atoms with Gasteiger partial charge in [0.1, 0.15) is 18.0 Å². The third-order valence-corrected chi connectivity index (χ3v) is 3.56. The number of anilines is 1. The zero-order chi connectivity index (χ0) is 13.9. The number of fused-ring (bicyclic) bond motifs is 1. The molecule has 0 aromatic carbocycles. The van der Waals surface area contributed by atoms with Gasteiger partial charge in [-0.2, -0.15) is 5.10 Å². The van der Waals surface area contributed by atoms with Crippen molar-refractivity contribution in [2.24, 2.45) is 0 Å². The molecule has 20 heavy (non-hydrogen) atoms. The van der Waals surface area contributed by atoms with Gasteiger partial charge in [0.2, 0.25) is 0 Å². The van der Waals surface area contributed by atoms with E-state index in [1.165, 1.54) is 6.33 Å². The molecule has 0 fully saturated rings. The molecular weight excluding hydrogens is 324 g/mol. The molecule has 1 atom stereocenters. The highest BCUT2D eigenvalue weighted by Gasteiger charge is 2.23. The molecule has 3 heterocycles. The van der Waals surface area contributed by atoms with E-state index in [4.69, 9.17) is 0 Å². The summed E-state index contributed by atoms with van der Waals surface area (Å²) in [5.74, 6) is 1.30. The lowest BCUT2D eigenvalue weighted by molar-refractivity contribution is 0.244. The van der Waals surface area contributed by atoms with Gasteiger partial charge in [0.25, 0.3) is 0 Å². The number of amides is 2. The average Bonchev–Trinajstić information content (AvgIpc) is 2.91. The largest absolute Gasteiger partial charge is 0.328 e. The summed E-state index contributed by atoms with van der Waals surface area (Å²) in [7, 11) is 0. The second-order valence-corrected chi connectivity index (χ2v) is 5.41. The number of nitrogens with zero attached hydrogens (tertiary/aromatic N) is 4. The maximum absolute atomic E-state index is 12.0. The Labute approximate surface area is 123 Å². The molecule has 0 bridgehead atoms. The first-order valence-electron chi connectivity index (χ1n) is 6.29. The van der Waals surface area contributed by atoms with E-state index >= 15 is 0 Å². The molecule has 0 aliphatic carbocycles. The number of carbonyl (C=O) groups excluding carboxylic acids is 1. The third kappa shape index (κ3) is 2.79. The highest BCUT2D eigenvalue weighted by Crippen LogP contribution is 2.22. The van der Waals surface area contributed by atoms with Crippen molar-refractivity contribution in [3.05, 3.63) is 35.0 Å². The first-order chi connectivity index (χ1) is 9.72. The predicted octanol–water partition coefficient (Wildman–Crippen LogP) is 2.09. The van der Waals surface area contributed by atoms with E-state index in [9.17, 15) is 4.79 Å². The molecule has 0 unspecified atom stereocenters. The fourth-order valence-electron chi connectivity index (χ4n) is 2.19. The van der Waals surface area contributed by atoms with Crippen LogP contribution in [0.1, 0.15) is 24.7 Å². The van der Waals surface area contributed by atoms with Gasteiger partial charge in [-0.25, -0.2) is 19.4 Å². The van der Waals surface area contributed by atoms with Gasteiger partial charge >= 0.3 is 6.03 Å². The van der Waals surface area contributed by atoms with Gasteiger partial charge < -0.3 is 5.32 Å². The molecule has 2 aromatic heterocycles. The van der Waals surface area contributed by atoms with Crippen LogP contribution in [-0.2, 0) is 6.54 Å². The topological polar surface area (TPSA) is 84.7 Å². The monoisotopic (exact) mass is 336 g/mol. The van der Waals surface area contributed by atoms with Gasteiger partial charge in [0.15, 0.2) is 0 Å². The van der Waals surface area contributed by atoms with Crippen LogP contribution in [-0.4, -0.2) is 25.8 Å².